The Morgan fingerprint density at radius 1 is 1.05 bits per heavy atom. The molecule has 37 heavy (non-hydrogen) atoms. The lowest BCUT2D eigenvalue weighted by Gasteiger charge is -2.23. The average Bonchev–Trinajstić information content (AvgIpc) is 3.28. The molecule has 3 rings (SSSR count). The number of aryl methyl sites for hydroxylation is 1. The molecule has 8 heteroatoms. The van der Waals surface area contributed by atoms with Gasteiger partial charge in [-0.1, -0.05) is 64.8 Å². The zero-order valence-electron chi connectivity index (χ0n) is 22.3. The number of urea groups is 1. The Labute approximate surface area is 219 Å². The van der Waals surface area contributed by atoms with E-state index in [-0.39, 0.29) is 23.9 Å². The molecule has 0 bridgehead atoms. The van der Waals surface area contributed by atoms with Crippen LogP contribution in [0, 0.1) is 18.3 Å². The fourth-order valence-electron chi connectivity index (χ4n) is 3.85. The first-order chi connectivity index (χ1) is 17.6. The number of nitrogens with one attached hydrogen (secondary N) is 2. The van der Waals surface area contributed by atoms with E-state index in [9.17, 15) is 9.59 Å². The zero-order chi connectivity index (χ0) is 27.0. The first-order valence-electron chi connectivity index (χ1n) is 12.6. The minimum Gasteiger partial charge on any atom is -0.315 e. The van der Waals surface area contributed by atoms with Crippen LogP contribution >= 0.6 is 0 Å². The Morgan fingerprint density at radius 2 is 1.81 bits per heavy atom. The predicted molar refractivity (Wildman–Crippen MR) is 147 cm³/mol. The Morgan fingerprint density at radius 3 is 2.49 bits per heavy atom. The van der Waals surface area contributed by atoms with Crippen molar-refractivity contribution in [3.63, 3.8) is 0 Å². The number of carbonyl (C=O) groups is 2. The molecule has 2 aromatic carbocycles. The second-order valence-corrected chi connectivity index (χ2v) is 10.2. The molecule has 0 aliphatic heterocycles. The number of hydrogen-bond acceptors (Lipinski definition) is 4. The number of anilines is 2. The van der Waals surface area contributed by atoms with E-state index in [4.69, 9.17) is 10.4 Å². The van der Waals surface area contributed by atoms with E-state index in [2.05, 4.69) is 44.4 Å². The predicted octanol–water partition coefficient (Wildman–Crippen LogP) is 6.01. The number of aromatic nitrogens is 2. The maximum atomic E-state index is 13.2. The monoisotopic (exact) mass is 500 g/mol. The van der Waals surface area contributed by atoms with Crippen molar-refractivity contribution in [2.45, 2.75) is 59.3 Å². The fourth-order valence-corrected chi connectivity index (χ4v) is 3.85. The first-order valence-corrected chi connectivity index (χ1v) is 12.6. The third kappa shape index (κ3) is 7.43. The maximum Gasteiger partial charge on any atom is 0.322 e. The Hall–Kier alpha value is -4.12. The van der Waals surface area contributed by atoms with Gasteiger partial charge < -0.3 is 15.5 Å². The normalized spacial score (nSPS) is 11.0. The van der Waals surface area contributed by atoms with Crippen molar-refractivity contribution in [3.8, 4) is 11.8 Å². The Bertz CT molecular complexity index is 1280. The summed E-state index contributed by atoms with van der Waals surface area (Å²) in [5, 5.41) is 19.7. The van der Waals surface area contributed by atoms with Crippen LogP contribution < -0.4 is 10.6 Å². The second kappa shape index (κ2) is 12.2. The maximum absolute atomic E-state index is 13.2. The quantitative estimate of drug-likeness (QED) is 0.351. The molecular formula is C29H36N6O2. The van der Waals surface area contributed by atoms with Crippen molar-refractivity contribution in [2.75, 3.05) is 23.7 Å². The van der Waals surface area contributed by atoms with Crippen LogP contribution in [0.3, 0.4) is 0 Å². The number of amides is 3. The van der Waals surface area contributed by atoms with Gasteiger partial charge in [0.15, 0.2) is 0 Å². The lowest BCUT2D eigenvalue weighted by Crippen LogP contribution is -2.41. The molecule has 3 aromatic rings. The van der Waals surface area contributed by atoms with Crippen molar-refractivity contribution < 1.29 is 9.59 Å². The summed E-state index contributed by atoms with van der Waals surface area (Å²) < 4.78 is 1.75. The summed E-state index contributed by atoms with van der Waals surface area (Å²) in [6, 6.07) is 18.1. The van der Waals surface area contributed by atoms with Crippen LogP contribution in [0.15, 0.2) is 54.6 Å². The summed E-state index contributed by atoms with van der Waals surface area (Å²) >= 11 is 0. The molecule has 0 aliphatic carbocycles. The lowest BCUT2D eigenvalue weighted by molar-refractivity contribution is -0.116. The summed E-state index contributed by atoms with van der Waals surface area (Å²) in [5.74, 6) is 0.243. The highest BCUT2D eigenvalue weighted by atomic mass is 16.2. The van der Waals surface area contributed by atoms with Gasteiger partial charge >= 0.3 is 6.03 Å². The lowest BCUT2D eigenvalue weighted by atomic mass is 9.92. The zero-order valence-corrected chi connectivity index (χ0v) is 22.3. The van der Waals surface area contributed by atoms with E-state index in [1.165, 1.54) is 4.90 Å². The molecule has 0 radical (unpaired) electrons. The number of unbranched alkanes of at least 4 members (excludes halogenated alkanes) is 2. The molecule has 0 atom stereocenters. The van der Waals surface area contributed by atoms with Crippen LogP contribution in [0.1, 0.15) is 63.8 Å². The Kier molecular flexibility index (Phi) is 9.07. The highest BCUT2D eigenvalue weighted by Gasteiger charge is 2.23. The third-order valence-corrected chi connectivity index (χ3v) is 5.99. The second-order valence-electron chi connectivity index (χ2n) is 10.2. The third-order valence-electron chi connectivity index (χ3n) is 5.99. The van der Waals surface area contributed by atoms with Gasteiger partial charge in [-0.2, -0.15) is 10.4 Å². The number of benzene rings is 2. The van der Waals surface area contributed by atoms with Gasteiger partial charge in [-0.05, 0) is 43.2 Å². The molecular weight excluding hydrogens is 464 g/mol. The molecule has 8 nitrogen and oxygen atoms in total. The number of rotatable bonds is 9. The topological polar surface area (TPSA) is 103 Å². The molecule has 0 saturated heterocycles. The minimum absolute atomic E-state index is 0.114. The fraction of sp³-hybridized carbons (Fsp3) is 0.379. The molecule has 0 saturated carbocycles. The molecule has 3 amide bonds. The highest BCUT2D eigenvalue weighted by molar-refractivity contribution is 5.96. The van der Waals surface area contributed by atoms with Crippen molar-refractivity contribution in [3.05, 3.63) is 71.4 Å². The highest BCUT2D eigenvalue weighted by Crippen LogP contribution is 2.27. The van der Waals surface area contributed by atoms with Crippen LogP contribution in [0.2, 0.25) is 0 Å². The van der Waals surface area contributed by atoms with E-state index in [0.717, 1.165) is 36.2 Å². The van der Waals surface area contributed by atoms with Crippen molar-refractivity contribution >= 4 is 23.4 Å². The van der Waals surface area contributed by atoms with Crippen molar-refractivity contribution in [1.82, 2.24) is 14.7 Å². The van der Waals surface area contributed by atoms with E-state index >= 15 is 0 Å². The largest absolute Gasteiger partial charge is 0.322 e. The summed E-state index contributed by atoms with van der Waals surface area (Å²) in [7, 11) is 0. The van der Waals surface area contributed by atoms with Crippen molar-refractivity contribution in [2.24, 2.45) is 0 Å². The SMILES string of the molecule is CCCCCN(CC(=O)Nc1cc(C(C)(C)C)nn1-c1ccccc1C)C(=O)Nc1cccc(C#N)c1. The number of para-hydroxylation sites is 1. The van der Waals surface area contributed by atoms with Crippen LogP contribution in [0.4, 0.5) is 16.3 Å². The standard InChI is InChI=1S/C29H36N6O2/c1-6-7-10-16-34(28(37)31-23-14-11-13-22(17-23)19-30)20-27(36)32-26-18-25(29(3,4)5)33-35(26)24-15-9-8-12-21(24)2/h8-9,11-15,17-18H,6-7,10,16,20H2,1-5H3,(H,31,37)(H,32,36). The van der Waals surface area contributed by atoms with Crippen LogP contribution in [0.25, 0.3) is 5.69 Å². The molecule has 1 aromatic heterocycles. The van der Waals surface area contributed by atoms with Crippen LogP contribution in [-0.2, 0) is 10.2 Å². The van der Waals surface area contributed by atoms with Gasteiger partial charge in [0.25, 0.3) is 0 Å². The first kappa shape index (κ1) is 27.5. The Balaban J connectivity index is 1.82. The van der Waals surface area contributed by atoms with Crippen LogP contribution in [-0.4, -0.2) is 39.7 Å². The summed E-state index contributed by atoms with van der Waals surface area (Å²) in [6.45, 7) is 10.6. The molecule has 194 valence electrons. The van der Waals surface area contributed by atoms with Crippen LogP contribution in [0.5, 0.6) is 0 Å². The van der Waals surface area contributed by atoms with E-state index in [1.807, 2.05) is 37.3 Å². The van der Waals surface area contributed by atoms with E-state index < -0.39 is 0 Å². The van der Waals surface area contributed by atoms with Gasteiger partial charge in [0.2, 0.25) is 5.91 Å². The molecule has 0 fully saturated rings. The molecule has 0 spiro atoms. The molecule has 0 unspecified atom stereocenters. The van der Waals surface area contributed by atoms with Gasteiger partial charge in [-0.15, -0.1) is 0 Å². The number of hydrogen-bond donors (Lipinski definition) is 2. The molecule has 2 N–H and O–H groups in total. The van der Waals surface area contributed by atoms with Crippen molar-refractivity contribution in [1.29, 1.82) is 5.26 Å². The number of nitrogens with zero attached hydrogens (tertiary/aromatic N) is 4. The van der Waals surface area contributed by atoms with Gasteiger partial charge in [-0.25, -0.2) is 9.48 Å². The average molecular weight is 501 g/mol. The summed E-state index contributed by atoms with van der Waals surface area (Å²) in [4.78, 5) is 27.8. The smallest absolute Gasteiger partial charge is 0.315 e. The van der Waals surface area contributed by atoms with Gasteiger partial charge in [0, 0.05) is 23.7 Å². The minimum atomic E-state index is -0.385. The summed E-state index contributed by atoms with van der Waals surface area (Å²) in [6.07, 6.45) is 2.73. The number of carbonyl (C=O) groups excluding carboxylic acids is 2. The molecule has 1 heterocycles. The van der Waals surface area contributed by atoms with Gasteiger partial charge in [-0.3, -0.25) is 4.79 Å². The summed E-state index contributed by atoms with van der Waals surface area (Å²) in [5.41, 5.74) is 3.51. The van der Waals surface area contributed by atoms with Gasteiger partial charge in [0.1, 0.15) is 12.4 Å². The van der Waals surface area contributed by atoms with E-state index in [1.54, 1.807) is 28.9 Å². The van der Waals surface area contributed by atoms with E-state index in [0.29, 0.717) is 23.6 Å². The number of nitriles is 1. The van der Waals surface area contributed by atoms with Gasteiger partial charge in [0.05, 0.1) is 23.0 Å². The molecule has 0 aliphatic rings.